The van der Waals surface area contributed by atoms with Crippen LogP contribution in [0.5, 0.6) is 0 Å². The van der Waals surface area contributed by atoms with Crippen LogP contribution in [0, 0.1) is 5.41 Å². The molecule has 0 aliphatic heterocycles. The van der Waals surface area contributed by atoms with E-state index < -0.39 is 35.2 Å². The summed E-state index contributed by atoms with van der Waals surface area (Å²) >= 11 is 0. The minimum absolute atomic E-state index is 0.102. The number of carbonyl (C=O) groups excluding carboxylic acids is 2. The number of nitrogens with zero attached hydrogens (tertiary/aromatic N) is 2. The smallest absolute Gasteiger partial charge is 0.326 e. The molecule has 0 aromatic heterocycles. The number of carboxylic acids is 1. The molecule has 0 heterocycles. The van der Waals surface area contributed by atoms with Crippen LogP contribution in [0.3, 0.4) is 0 Å². The van der Waals surface area contributed by atoms with Crippen LogP contribution < -0.4 is 5.32 Å². The number of hydrogen-bond acceptors (Lipinski definition) is 4. The molecule has 8 heteroatoms. The molecule has 22 heavy (non-hydrogen) atoms. The van der Waals surface area contributed by atoms with Gasteiger partial charge in [-0.25, -0.2) is 4.79 Å². The summed E-state index contributed by atoms with van der Waals surface area (Å²) in [7, 11) is 0. The molecule has 2 N–H and O–H groups in total. The molecule has 0 rings (SSSR count). The van der Waals surface area contributed by atoms with Crippen molar-refractivity contribution < 1.29 is 29.0 Å². The third kappa shape index (κ3) is 7.10. The minimum atomic E-state index is -1.24. The van der Waals surface area contributed by atoms with Crippen LogP contribution in [-0.4, -0.2) is 52.5 Å². The summed E-state index contributed by atoms with van der Waals surface area (Å²) in [6, 6.07) is -1.21. The first-order valence-electron chi connectivity index (χ1n) is 6.98. The van der Waals surface area contributed by atoms with Crippen molar-refractivity contribution in [3.8, 4) is 0 Å². The fourth-order valence-electron chi connectivity index (χ4n) is 1.81. The average molecular weight is 313 g/mol. The molecule has 0 aliphatic carbocycles. The lowest BCUT2D eigenvalue weighted by Crippen LogP contribution is -2.50. The Balaban J connectivity index is 4.86. The van der Waals surface area contributed by atoms with Gasteiger partial charge in [0.15, 0.2) is 0 Å². The van der Waals surface area contributed by atoms with Crippen LogP contribution >= 0.6 is 0 Å². The van der Waals surface area contributed by atoms with E-state index in [1.54, 1.807) is 6.92 Å². The van der Waals surface area contributed by atoms with Crippen molar-refractivity contribution >= 4 is 23.9 Å². The Kier molecular flexibility index (Phi) is 8.22. The van der Waals surface area contributed by atoms with Crippen LogP contribution in [0.2, 0.25) is 0 Å². The van der Waals surface area contributed by atoms with Gasteiger partial charge in [-0.3, -0.25) is 9.59 Å². The number of rotatable bonds is 9. The summed E-state index contributed by atoms with van der Waals surface area (Å²) in [4.78, 5) is 37.2. The maximum atomic E-state index is 12.2. The van der Waals surface area contributed by atoms with Gasteiger partial charge < -0.3 is 20.7 Å². The van der Waals surface area contributed by atoms with E-state index in [4.69, 9.17) is 15.4 Å². The quantitative estimate of drug-likeness (QED) is 0.367. The van der Waals surface area contributed by atoms with E-state index >= 15 is 0 Å². The van der Waals surface area contributed by atoms with Crippen LogP contribution in [0.1, 0.15) is 40.5 Å². The lowest BCUT2D eigenvalue weighted by atomic mass is 9.88. The van der Waals surface area contributed by atoms with Crippen LogP contribution in [0.15, 0.2) is 0 Å². The SMILES string of the molecule is CCO[C@H](C(=O)N[C@@H](CCC(=O)C=[N+]=[N-])C(=O)O)C(C)(C)C. The van der Waals surface area contributed by atoms with Crippen molar-refractivity contribution in [2.45, 2.75) is 52.7 Å². The van der Waals surface area contributed by atoms with Gasteiger partial charge in [-0.15, -0.1) is 0 Å². The van der Waals surface area contributed by atoms with E-state index in [0.717, 1.165) is 0 Å². The molecule has 0 bridgehead atoms. The molecule has 2 atom stereocenters. The normalized spacial score (nSPS) is 13.6. The van der Waals surface area contributed by atoms with Crippen molar-refractivity contribution in [1.82, 2.24) is 5.32 Å². The molecule has 0 saturated carbocycles. The van der Waals surface area contributed by atoms with E-state index in [2.05, 4.69) is 10.1 Å². The van der Waals surface area contributed by atoms with Gasteiger partial charge >= 0.3 is 12.2 Å². The Morgan fingerprint density at radius 3 is 2.36 bits per heavy atom. The van der Waals surface area contributed by atoms with Gasteiger partial charge in [0.2, 0.25) is 11.7 Å². The Labute approximate surface area is 129 Å². The summed E-state index contributed by atoms with van der Waals surface area (Å²) in [5.74, 6) is -2.31. The fraction of sp³-hybridized carbons (Fsp3) is 0.714. The van der Waals surface area contributed by atoms with Gasteiger partial charge in [-0.2, -0.15) is 4.79 Å². The zero-order valence-corrected chi connectivity index (χ0v) is 13.3. The highest BCUT2D eigenvalue weighted by Gasteiger charge is 2.34. The number of amides is 1. The second kappa shape index (κ2) is 9.07. The van der Waals surface area contributed by atoms with Crippen LogP contribution in [0.4, 0.5) is 0 Å². The molecule has 0 saturated heterocycles. The first-order valence-corrected chi connectivity index (χ1v) is 6.98. The molecule has 0 radical (unpaired) electrons. The summed E-state index contributed by atoms with van der Waals surface area (Å²) in [6.45, 7) is 7.49. The predicted octanol–water partition coefficient (Wildman–Crippen LogP) is 0.657. The number of aliphatic carboxylic acids is 1. The molecule has 8 nitrogen and oxygen atoms in total. The highest BCUT2D eigenvalue weighted by Crippen LogP contribution is 2.22. The van der Waals surface area contributed by atoms with Crippen LogP contribution in [-0.2, 0) is 19.1 Å². The third-order valence-electron chi connectivity index (χ3n) is 2.85. The number of ketones is 1. The van der Waals surface area contributed by atoms with Crippen LogP contribution in [0.25, 0.3) is 5.53 Å². The maximum Gasteiger partial charge on any atom is 0.326 e. The number of hydrogen-bond donors (Lipinski definition) is 2. The Bertz CT molecular complexity index is 464. The molecule has 0 spiro atoms. The molecule has 0 aliphatic rings. The predicted molar refractivity (Wildman–Crippen MR) is 78.4 cm³/mol. The Hall–Kier alpha value is -2.05. The maximum absolute atomic E-state index is 12.2. The van der Waals surface area contributed by atoms with E-state index in [9.17, 15) is 14.4 Å². The van der Waals surface area contributed by atoms with Crippen molar-refractivity contribution in [2.24, 2.45) is 5.41 Å². The molecule has 0 aromatic rings. The Morgan fingerprint density at radius 2 is 1.95 bits per heavy atom. The van der Waals surface area contributed by atoms with Crippen molar-refractivity contribution in [3.63, 3.8) is 0 Å². The average Bonchev–Trinajstić information content (AvgIpc) is 2.39. The second-order valence-electron chi connectivity index (χ2n) is 5.85. The van der Waals surface area contributed by atoms with E-state index in [0.29, 0.717) is 12.8 Å². The minimum Gasteiger partial charge on any atom is -0.480 e. The molecular weight excluding hydrogens is 290 g/mol. The van der Waals surface area contributed by atoms with Gasteiger partial charge in [0.1, 0.15) is 12.1 Å². The third-order valence-corrected chi connectivity index (χ3v) is 2.85. The van der Waals surface area contributed by atoms with Crippen molar-refractivity contribution in [3.05, 3.63) is 5.53 Å². The Morgan fingerprint density at radius 1 is 1.36 bits per heavy atom. The molecule has 0 aromatic carbocycles. The summed E-state index contributed by atoms with van der Waals surface area (Å²) in [5, 5.41) is 11.5. The lowest BCUT2D eigenvalue weighted by molar-refractivity contribution is -0.147. The topological polar surface area (TPSA) is 129 Å². The zero-order valence-electron chi connectivity index (χ0n) is 13.3. The highest BCUT2D eigenvalue weighted by molar-refractivity contribution is 6.25. The number of nitrogens with one attached hydrogen (secondary N) is 1. The van der Waals surface area contributed by atoms with E-state index in [1.807, 2.05) is 20.8 Å². The van der Waals surface area contributed by atoms with E-state index in [-0.39, 0.29) is 12.8 Å². The van der Waals surface area contributed by atoms with Gasteiger partial charge in [0.05, 0.1) is 0 Å². The van der Waals surface area contributed by atoms with Crippen molar-refractivity contribution in [2.75, 3.05) is 6.61 Å². The van der Waals surface area contributed by atoms with E-state index in [1.165, 1.54) is 0 Å². The van der Waals surface area contributed by atoms with Crippen molar-refractivity contribution in [1.29, 1.82) is 0 Å². The standard InChI is InChI=1S/C14H23N3O5/c1-5-22-11(14(2,3)4)12(19)17-10(13(20)21)7-6-9(18)8-16-15/h8,10-11H,5-7H2,1-4H3,(H,17,19)(H,20,21)/t10-,11+/m0/s1. The van der Waals surface area contributed by atoms with Gasteiger partial charge in [-0.05, 0) is 18.8 Å². The number of carboxylic acid groups (broad SMARTS) is 1. The fourth-order valence-corrected chi connectivity index (χ4v) is 1.81. The van der Waals surface area contributed by atoms with Gasteiger partial charge in [0.25, 0.3) is 0 Å². The molecule has 0 unspecified atom stereocenters. The lowest BCUT2D eigenvalue weighted by Gasteiger charge is -2.30. The number of carbonyl (C=O) groups is 3. The summed E-state index contributed by atoms with van der Waals surface area (Å²) < 4.78 is 5.39. The zero-order chi connectivity index (χ0) is 17.3. The monoisotopic (exact) mass is 313 g/mol. The molecule has 124 valence electrons. The molecule has 1 amide bonds. The first-order chi connectivity index (χ1) is 10.1. The second-order valence-corrected chi connectivity index (χ2v) is 5.85. The number of ether oxygens (including phenoxy) is 1. The number of Topliss-reactive ketones (excluding diaryl/α,β-unsaturated/α-hetero) is 1. The molecular formula is C14H23N3O5. The largest absolute Gasteiger partial charge is 0.480 e. The molecule has 0 fully saturated rings. The van der Waals surface area contributed by atoms with Gasteiger partial charge in [0, 0.05) is 13.0 Å². The van der Waals surface area contributed by atoms with Gasteiger partial charge in [-0.1, -0.05) is 20.8 Å². The first kappa shape index (κ1) is 19.9. The highest BCUT2D eigenvalue weighted by atomic mass is 16.5. The summed E-state index contributed by atoms with van der Waals surface area (Å²) in [6.07, 6.45) is -0.363. The summed E-state index contributed by atoms with van der Waals surface area (Å²) in [5.41, 5.74) is 7.73.